The quantitative estimate of drug-likeness (QED) is 0.705. The van der Waals surface area contributed by atoms with Crippen LogP contribution in [0.2, 0.25) is 0 Å². The van der Waals surface area contributed by atoms with Crippen LogP contribution in [-0.2, 0) is 17.4 Å². The number of hydrogen-bond acceptors (Lipinski definition) is 3. The Morgan fingerprint density at radius 2 is 1.33 bits per heavy atom. The van der Waals surface area contributed by atoms with Crippen molar-refractivity contribution in [2.75, 3.05) is 0 Å². The number of phenolic OH excluding ortho intramolecular Hbond substituents is 1. The maximum Gasteiger partial charge on any atom is 0.123 e. The maximum absolute atomic E-state index is 10.5. The van der Waals surface area contributed by atoms with Gasteiger partial charge in [0.15, 0.2) is 0 Å². The van der Waals surface area contributed by atoms with Crippen molar-refractivity contribution in [1.82, 2.24) is 5.48 Å². The summed E-state index contributed by atoms with van der Waals surface area (Å²) in [6.45, 7) is 12.8. The van der Waals surface area contributed by atoms with Gasteiger partial charge in [-0.15, -0.1) is 0 Å². The van der Waals surface area contributed by atoms with Gasteiger partial charge in [-0.05, 0) is 27.5 Å². The van der Waals surface area contributed by atoms with Gasteiger partial charge in [0.05, 0.1) is 0 Å². The highest BCUT2D eigenvalue weighted by molar-refractivity contribution is 5.49. The molecule has 18 heavy (non-hydrogen) atoms. The van der Waals surface area contributed by atoms with Crippen LogP contribution < -0.4 is 5.48 Å². The lowest BCUT2D eigenvalue weighted by atomic mass is 9.78. The number of hydroxylamine groups is 1. The van der Waals surface area contributed by atoms with Gasteiger partial charge in [0, 0.05) is 6.54 Å². The van der Waals surface area contributed by atoms with Crippen molar-refractivity contribution in [1.29, 1.82) is 0 Å². The zero-order valence-corrected chi connectivity index (χ0v) is 12.3. The largest absolute Gasteiger partial charge is 0.507 e. The van der Waals surface area contributed by atoms with Crippen molar-refractivity contribution < 1.29 is 10.3 Å². The molecule has 0 atom stereocenters. The van der Waals surface area contributed by atoms with Crippen LogP contribution in [0.25, 0.3) is 0 Å². The van der Waals surface area contributed by atoms with Crippen LogP contribution in [0.15, 0.2) is 12.1 Å². The summed E-state index contributed by atoms with van der Waals surface area (Å²) in [6, 6.07) is 3.90. The molecule has 1 rings (SSSR count). The zero-order chi connectivity index (χ0) is 14.1. The Morgan fingerprint density at radius 1 is 0.944 bits per heavy atom. The third-order valence-electron chi connectivity index (χ3n) is 3.07. The summed E-state index contributed by atoms with van der Waals surface area (Å²) < 4.78 is 0. The van der Waals surface area contributed by atoms with Gasteiger partial charge in [0.25, 0.3) is 0 Å². The molecular formula is C15H25NO2. The van der Waals surface area contributed by atoms with Crippen molar-refractivity contribution in [3.63, 3.8) is 0 Å². The fourth-order valence-electron chi connectivity index (χ4n) is 2.03. The highest BCUT2D eigenvalue weighted by Crippen LogP contribution is 2.39. The van der Waals surface area contributed by atoms with Gasteiger partial charge in [-0.1, -0.05) is 53.7 Å². The van der Waals surface area contributed by atoms with E-state index in [9.17, 15) is 5.11 Å². The molecule has 0 aliphatic carbocycles. The molecule has 0 heterocycles. The normalized spacial score (nSPS) is 12.8. The number of rotatable bonds is 2. The lowest BCUT2D eigenvalue weighted by molar-refractivity contribution is 0.161. The van der Waals surface area contributed by atoms with Crippen LogP contribution in [0.5, 0.6) is 5.75 Å². The Balaban J connectivity index is 3.48. The maximum atomic E-state index is 10.5. The van der Waals surface area contributed by atoms with Gasteiger partial charge in [0.2, 0.25) is 0 Å². The molecule has 0 amide bonds. The van der Waals surface area contributed by atoms with Crippen molar-refractivity contribution in [3.8, 4) is 5.75 Å². The lowest BCUT2D eigenvalue weighted by Gasteiger charge is -2.28. The first-order chi connectivity index (χ1) is 8.07. The molecule has 0 aromatic heterocycles. The molecule has 0 saturated carbocycles. The molecule has 0 radical (unpaired) electrons. The molecule has 1 aromatic carbocycles. The highest BCUT2D eigenvalue weighted by atomic mass is 16.5. The van der Waals surface area contributed by atoms with Crippen molar-refractivity contribution >= 4 is 0 Å². The number of hydrogen-bond donors (Lipinski definition) is 3. The summed E-state index contributed by atoms with van der Waals surface area (Å²) in [4.78, 5) is 0. The molecule has 0 spiro atoms. The molecule has 3 nitrogen and oxygen atoms in total. The minimum Gasteiger partial charge on any atom is -0.507 e. The molecule has 0 aliphatic heterocycles. The van der Waals surface area contributed by atoms with Gasteiger partial charge in [-0.25, -0.2) is 5.48 Å². The van der Waals surface area contributed by atoms with E-state index in [1.54, 1.807) is 0 Å². The molecule has 1 aromatic rings. The standard InChI is InChI=1S/C15H25NO2/c1-14(2,3)11-7-10(9-16-18)8-12(13(11)17)15(4,5)6/h7-8,16-18H,9H2,1-6H3. The van der Waals surface area contributed by atoms with E-state index in [2.05, 4.69) is 47.0 Å². The van der Waals surface area contributed by atoms with Gasteiger partial charge in [-0.3, -0.25) is 0 Å². The molecule has 0 aliphatic rings. The summed E-state index contributed by atoms with van der Waals surface area (Å²) in [6.07, 6.45) is 0. The van der Waals surface area contributed by atoms with E-state index in [0.29, 0.717) is 12.3 Å². The van der Waals surface area contributed by atoms with Crippen LogP contribution in [0, 0.1) is 0 Å². The fourth-order valence-corrected chi connectivity index (χ4v) is 2.03. The van der Waals surface area contributed by atoms with E-state index < -0.39 is 0 Å². The molecule has 0 saturated heterocycles. The molecule has 0 bridgehead atoms. The number of benzene rings is 1. The fraction of sp³-hybridized carbons (Fsp3) is 0.600. The Labute approximate surface area is 110 Å². The second-order valence-electron chi connectivity index (χ2n) is 6.87. The average molecular weight is 251 g/mol. The minimum atomic E-state index is -0.129. The smallest absolute Gasteiger partial charge is 0.123 e. The second kappa shape index (κ2) is 4.90. The van der Waals surface area contributed by atoms with Crippen LogP contribution in [0.1, 0.15) is 58.2 Å². The molecule has 102 valence electrons. The first kappa shape index (κ1) is 15.0. The third kappa shape index (κ3) is 3.24. The minimum absolute atomic E-state index is 0.129. The Morgan fingerprint density at radius 3 is 1.61 bits per heavy atom. The molecule has 0 fully saturated rings. The van der Waals surface area contributed by atoms with Crippen LogP contribution in [0.3, 0.4) is 0 Å². The topological polar surface area (TPSA) is 52.5 Å². The van der Waals surface area contributed by atoms with E-state index in [1.165, 1.54) is 0 Å². The molecular weight excluding hydrogens is 226 g/mol. The predicted octanol–water partition coefficient (Wildman–Crippen LogP) is 3.47. The van der Waals surface area contributed by atoms with Gasteiger partial charge in [-0.2, -0.15) is 0 Å². The van der Waals surface area contributed by atoms with E-state index in [1.807, 2.05) is 12.1 Å². The Kier molecular flexibility index (Phi) is 4.08. The Bertz CT molecular complexity index is 390. The van der Waals surface area contributed by atoms with E-state index >= 15 is 0 Å². The second-order valence-corrected chi connectivity index (χ2v) is 6.87. The number of phenols is 1. The van der Waals surface area contributed by atoms with Crippen LogP contribution in [0.4, 0.5) is 0 Å². The van der Waals surface area contributed by atoms with Crippen LogP contribution in [-0.4, -0.2) is 10.3 Å². The average Bonchev–Trinajstić information content (AvgIpc) is 2.17. The molecule has 3 N–H and O–H groups in total. The van der Waals surface area contributed by atoms with Crippen molar-refractivity contribution in [3.05, 3.63) is 28.8 Å². The summed E-state index contributed by atoms with van der Waals surface area (Å²) >= 11 is 0. The molecule has 0 unspecified atom stereocenters. The third-order valence-corrected chi connectivity index (χ3v) is 3.07. The summed E-state index contributed by atoms with van der Waals surface area (Å²) in [5.41, 5.74) is 4.73. The highest BCUT2D eigenvalue weighted by Gasteiger charge is 2.26. The number of aromatic hydroxyl groups is 1. The van der Waals surface area contributed by atoms with E-state index in [0.717, 1.165) is 16.7 Å². The first-order valence-electron chi connectivity index (χ1n) is 6.31. The van der Waals surface area contributed by atoms with Gasteiger partial charge in [0.1, 0.15) is 5.75 Å². The SMILES string of the molecule is CC(C)(C)c1cc(CNO)cc(C(C)(C)C)c1O. The first-order valence-corrected chi connectivity index (χ1v) is 6.31. The summed E-state index contributed by atoms with van der Waals surface area (Å²) in [5.74, 6) is 0.372. The van der Waals surface area contributed by atoms with Crippen molar-refractivity contribution in [2.24, 2.45) is 0 Å². The monoisotopic (exact) mass is 251 g/mol. The van der Waals surface area contributed by atoms with Gasteiger partial charge < -0.3 is 10.3 Å². The van der Waals surface area contributed by atoms with E-state index in [4.69, 9.17) is 5.21 Å². The Hall–Kier alpha value is -1.06. The summed E-state index contributed by atoms with van der Waals surface area (Å²) in [5, 5.41) is 19.3. The summed E-state index contributed by atoms with van der Waals surface area (Å²) in [7, 11) is 0. The van der Waals surface area contributed by atoms with Crippen molar-refractivity contribution in [2.45, 2.75) is 58.9 Å². The molecule has 3 heteroatoms. The van der Waals surface area contributed by atoms with Crippen LogP contribution >= 0.6 is 0 Å². The van der Waals surface area contributed by atoms with Gasteiger partial charge >= 0.3 is 0 Å². The lowest BCUT2D eigenvalue weighted by Crippen LogP contribution is -2.19. The predicted molar refractivity (Wildman–Crippen MR) is 74.1 cm³/mol. The zero-order valence-electron chi connectivity index (χ0n) is 12.3. The number of nitrogens with one attached hydrogen (secondary N) is 1. The van der Waals surface area contributed by atoms with E-state index in [-0.39, 0.29) is 10.8 Å².